The van der Waals surface area contributed by atoms with Crippen molar-refractivity contribution in [1.29, 1.82) is 0 Å². The molecule has 0 fully saturated rings. The highest BCUT2D eigenvalue weighted by molar-refractivity contribution is 14.1. The van der Waals surface area contributed by atoms with Gasteiger partial charge in [-0.25, -0.2) is 0 Å². The third-order valence-electron chi connectivity index (χ3n) is 17.9. The number of halogens is 4. The summed E-state index contributed by atoms with van der Waals surface area (Å²) >= 11 is 9.30. The van der Waals surface area contributed by atoms with Crippen molar-refractivity contribution in [2.24, 2.45) is 16.2 Å². The summed E-state index contributed by atoms with van der Waals surface area (Å²) in [4.78, 5) is 13.3. The zero-order valence-electron chi connectivity index (χ0n) is 56.5. The smallest absolute Gasteiger partial charge is 0.112 e. The topological polar surface area (TPSA) is 48.5 Å². The lowest BCUT2D eigenvalue weighted by Gasteiger charge is -2.24. The number of rotatable bonds is 9. The zero-order valence-corrected chi connectivity index (χ0v) is 67.1. The van der Waals surface area contributed by atoms with Gasteiger partial charge in [-0.2, -0.15) is 0 Å². The standard InChI is InChI=1S/C46H48N4Si.C17H19N.C14H14I2Si.C6H4I2/c1-45(2,3)27-31-9-19-41-37(25-31)39-29-47-23-21-43(39)49(41)33-11-15-35(16-12-33)51(7,8)36-17-13-34(14-18-36)50-42-20-10-32(28-46(4,5)6)26-38(42)40-30-48-24-22-44(40)50;1-17(2,3)10-12-4-5-13-9-14-6-7-18-11-16(14)15(13)8-12;1-17(2,13-7-3-11(15)4-8-13)14-9-5-12(16)6-10-14;7-5-1-2-6(8)4-3-5/h9-26,29-30H,27-28H2,1-8H3;4-8,11H,9-10H2,1-3H3;3-10H,1-2H3;1-4H. The summed E-state index contributed by atoms with van der Waals surface area (Å²) in [5, 5.41) is 10.8. The van der Waals surface area contributed by atoms with Crippen LogP contribution in [0, 0.1) is 30.5 Å². The van der Waals surface area contributed by atoms with E-state index < -0.39 is 16.1 Å². The summed E-state index contributed by atoms with van der Waals surface area (Å²) in [5.74, 6) is 0. The number of fused-ring (bicyclic) bond motifs is 9. The van der Waals surface area contributed by atoms with Crippen LogP contribution in [-0.2, 0) is 25.7 Å². The van der Waals surface area contributed by atoms with E-state index >= 15 is 0 Å². The molecule has 0 aliphatic heterocycles. The molecule has 0 saturated carbocycles. The van der Waals surface area contributed by atoms with Gasteiger partial charge in [-0.15, -0.1) is 0 Å². The molecule has 13 aromatic rings. The summed E-state index contributed by atoms with van der Waals surface area (Å²) in [6.45, 7) is 30.4. The van der Waals surface area contributed by atoms with Gasteiger partial charge in [-0.3, -0.25) is 15.0 Å². The molecule has 478 valence electrons. The molecule has 11 heteroatoms. The fourth-order valence-corrected chi connectivity index (χ4v) is 19.3. The molecule has 0 atom stereocenters. The Hall–Kier alpha value is -5.84. The highest BCUT2D eigenvalue weighted by atomic mass is 127. The Bertz CT molecular complexity index is 4550. The van der Waals surface area contributed by atoms with Crippen LogP contribution >= 0.6 is 90.4 Å². The predicted octanol–water partition coefficient (Wildman–Crippen LogP) is 21.5. The third kappa shape index (κ3) is 16.4. The Labute approximate surface area is 614 Å². The van der Waals surface area contributed by atoms with Gasteiger partial charge in [0.05, 0.1) is 22.1 Å². The molecule has 1 aliphatic carbocycles. The Morgan fingerprint density at radius 2 is 0.638 bits per heavy atom. The average Bonchev–Trinajstić information content (AvgIpc) is 1.59. The Morgan fingerprint density at radius 1 is 0.330 bits per heavy atom. The van der Waals surface area contributed by atoms with Crippen LogP contribution in [-0.4, -0.2) is 40.2 Å². The van der Waals surface area contributed by atoms with E-state index in [4.69, 9.17) is 0 Å². The maximum atomic E-state index is 4.51. The van der Waals surface area contributed by atoms with Gasteiger partial charge < -0.3 is 9.13 Å². The van der Waals surface area contributed by atoms with E-state index in [0.717, 1.165) is 25.7 Å². The maximum absolute atomic E-state index is 4.51. The van der Waals surface area contributed by atoms with Crippen molar-refractivity contribution in [1.82, 2.24) is 24.1 Å². The van der Waals surface area contributed by atoms with E-state index in [9.17, 15) is 0 Å². The zero-order chi connectivity index (χ0) is 66.9. The van der Waals surface area contributed by atoms with Crippen molar-refractivity contribution in [3.63, 3.8) is 0 Å². The lowest BCUT2D eigenvalue weighted by atomic mass is 9.87. The molecule has 5 nitrogen and oxygen atoms in total. The van der Waals surface area contributed by atoms with E-state index in [2.05, 4.69) is 397 Å². The van der Waals surface area contributed by atoms with E-state index in [1.807, 2.05) is 37.2 Å². The Balaban J connectivity index is 0.000000168. The number of hydrogen-bond donors (Lipinski definition) is 0. The van der Waals surface area contributed by atoms with Gasteiger partial charge in [-0.1, -0.05) is 188 Å². The van der Waals surface area contributed by atoms with E-state index in [1.54, 1.807) is 0 Å². The van der Waals surface area contributed by atoms with Crippen LogP contribution in [0.2, 0.25) is 26.2 Å². The van der Waals surface area contributed by atoms with Crippen LogP contribution in [0.1, 0.15) is 90.1 Å². The molecule has 5 heterocycles. The highest BCUT2D eigenvalue weighted by Crippen LogP contribution is 2.39. The largest absolute Gasteiger partial charge is 0.309 e. The first-order valence-corrected chi connectivity index (χ1v) is 42.8. The number of pyridine rings is 3. The molecule has 0 amide bonds. The minimum atomic E-state index is -1.98. The van der Waals surface area contributed by atoms with E-state index in [-0.39, 0.29) is 10.8 Å². The van der Waals surface area contributed by atoms with Crippen LogP contribution in [0.15, 0.2) is 231 Å². The lowest BCUT2D eigenvalue weighted by molar-refractivity contribution is 0.411. The Kier molecular flexibility index (Phi) is 21.2. The summed E-state index contributed by atoms with van der Waals surface area (Å²) in [6, 6.07) is 72.3. The second-order valence-corrected chi connectivity index (χ2v) is 43.7. The summed E-state index contributed by atoms with van der Waals surface area (Å²) in [5.41, 5.74) is 17.7. The quantitative estimate of drug-likeness (QED) is 0.107. The van der Waals surface area contributed by atoms with Crippen LogP contribution in [0.3, 0.4) is 0 Å². The van der Waals surface area contributed by atoms with Crippen molar-refractivity contribution < 1.29 is 0 Å². The van der Waals surface area contributed by atoms with Gasteiger partial charge in [0.1, 0.15) is 16.1 Å². The van der Waals surface area contributed by atoms with Crippen molar-refractivity contribution >= 4 is 171 Å². The van der Waals surface area contributed by atoms with Crippen molar-refractivity contribution in [2.75, 3.05) is 0 Å². The van der Waals surface area contributed by atoms with Crippen LogP contribution in [0.25, 0.3) is 66.1 Å². The first kappa shape index (κ1) is 69.5. The van der Waals surface area contributed by atoms with Crippen molar-refractivity contribution in [3.8, 4) is 22.5 Å². The minimum Gasteiger partial charge on any atom is -0.309 e. The molecule has 1 aliphatic rings. The molecule has 5 aromatic heterocycles. The van der Waals surface area contributed by atoms with Crippen LogP contribution in [0.4, 0.5) is 0 Å². The second-order valence-electron chi connectivity index (χ2n) is 29.9. The van der Waals surface area contributed by atoms with Gasteiger partial charge in [-0.05, 0) is 281 Å². The number of hydrogen-bond acceptors (Lipinski definition) is 3. The minimum absolute atomic E-state index is 0.232. The van der Waals surface area contributed by atoms with Crippen LogP contribution in [0.5, 0.6) is 0 Å². The van der Waals surface area contributed by atoms with Gasteiger partial charge in [0, 0.05) is 89.9 Å². The molecule has 0 spiro atoms. The predicted molar refractivity (Wildman–Crippen MR) is 443 cm³/mol. The molecular weight excluding hydrogens is 1630 g/mol. The normalized spacial score (nSPS) is 12.4. The molecule has 8 aromatic carbocycles. The monoisotopic (exact) mass is 1720 g/mol. The molecular formula is C83H85I4N5Si2. The number of aromatic nitrogens is 5. The maximum Gasteiger partial charge on any atom is 0.112 e. The van der Waals surface area contributed by atoms with E-state index in [1.165, 1.54) is 129 Å². The average molecular weight is 1720 g/mol. The molecule has 94 heavy (non-hydrogen) atoms. The first-order valence-electron chi connectivity index (χ1n) is 32.5. The van der Waals surface area contributed by atoms with Crippen molar-refractivity contribution in [2.45, 2.75) is 114 Å². The number of nitrogens with zero attached hydrogens (tertiary/aromatic N) is 5. The van der Waals surface area contributed by atoms with E-state index in [0.29, 0.717) is 5.41 Å². The fourth-order valence-electron chi connectivity index (χ4n) is 13.2. The van der Waals surface area contributed by atoms with Gasteiger partial charge in [0.2, 0.25) is 0 Å². The molecule has 0 unspecified atom stereocenters. The molecule has 0 saturated heterocycles. The summed E-state index contributed by atoms with van der Waals surface area (Å²) in [7, 11) is -3.49. The van der Waals surface area contributed by atoms with Gasteiger partial charge in [0.25, 0.3) is 0 Å². The van der Waals surface area contributed by atoms with Crippen molar-refractivity contribution in [3.05, 3.63) is 273 Å². The van der Waals surface area contributed by atoms with Gasteiger partial charge in [0.15, 0.2) is 0 Å². The SMILES string of the molecule is CC(C)(C)Cc1ccc2c(c1)-c1cnccc1C2.CC(C)(C)Cc1ccc2c(c1)c1cnccc1n2-c1ccc([Si](C)(C)c2ccc(-n3c4ccncc4c4cc(CC(C)(C)C)ccc43)cc2)cc1.C[Si](C)(c1ccc(I)cc1)c1ccc(I)cc1.Ic1ccc(I)cc1. The first-order chi connectivity index (χ1) is 44.6. The number of benzene rings is 8. The summed E-state index contributed by atoms with van der Waals surface area (Å²) in [6.07, 6.45) is 16.0. The van der Waals surface area contributed by atoms with Crippen LogP contribution < -0.4 is 20.7 Å². The molecule has 14 rings (SSSR count). The molecule has 0 N–H and O–H groups in total. The highest BCUT2D eigenvalue weighted by Gasteiger charge is 2.28. The molecule has 0 bridgehead atoms. The molecule has 0 radical (unpaired) electrons. The Morgan fingerprint density at radius 3 is 1.02 bits per heavy atom. The summed E-state index contributed by atoms with van der Waals surface area (Å²) < 4.78 is 9.99. The fraction of sp³-hybridized carbons (Fsp3) is 0.241. The second kappa shape index (κ2) is 28.7. The third-order valence-corrected chi connectivity index (χ3v) is 27.8. The lowest BCUT2D eigenvalue weighted by Crippen LogP contribution is -2.52. The van der Waals surface area contributed by atoms with Gasteiger partial charge >= 0.3 is 0 Å².